The van der Waals surface area contributed by atoms with E-state index in [0.717, 1.165) is 24.6 Å². The van der Waals surface area contributed by atoms with Gasteiger partial charge in [-0.25, -0.2) is 4.79 Å². The number of aromatic hydroxyl groups is 1. The summed E-state index contributed by atoms with van der Waals surface area (Å²) in [6, 6.07) is 2.61. The SMILES string of the molecule is COc1ccc(C[C@H](SCC(=O)N2CCCC2CO)B(O)O)c(O)c1C(=O)O. The molecule has 1 fully saturated rings. The molecule has 0 spiro atoms. The van der Waals surface area contributed by atoms with Crippen LogP contribution in [0.15, 0.2) is 12.1 Å². The van der Waals surface area contributed by atoms with Crippen LogP contribution in [0.25, 0.3) is 0 Å². The van der Waals surface area contributed by atoms with Gasteiger partial charge in [-0.05, 0) is 30.9 Å². The molecule has 154 valence electrons. The lowest BCUT2D eigenvalue weighted by atomic mass is 9.81. The molecule has 1 heterocycles. The molecule has 0 aromatic heterocycles. The Kier molecular flexibility index (Phi) is 7.99. The summed E-state index contributed by atoms with van der Waals surface area (Å²) in [7, 11) is -0.500. The summed E-state index contributed by atoms with van der Waals surface area (Å²) < 4.78 is 4.94. The van der Waals surface area contributed by atoms with Gasteiger partial charge in [0.2, 0.25) is 5.91 Å². The maximum atomic E-state index is 12.4. The number of rotatable bonds is 9. The summed E-state index contributed by atoms with van der Waals surface area (Å²) in [5, 5.41) is 47.4. The number of hydrogen-bond donors (Lipinski definition) is 5. The second-order valence-electron chi connectivity index (χ2n) is 6.49. The number of carboxylic acids is 1. The first-order chi connectivity index (χ1) is 13.3. The van der Waals surface area contributed by atoms with Gasteiger partial charge in [0, 0.05) is 11.7 Å². The number of ether oxygens (including phenoxy) is 1. The Bertz CT molecular complexity index is 717. The van der Waals surface area contributed by atoms with Gasteiger partial charge in [-0.15, -0.1) is 0 Å². The summed E-state index contributed by atoms with van der Waals surface area (Å²) in [6.45, 7) is 0.443. The first-order valence-corrected chi connectivity index (χ1v) is 9.85. The van der Waals surface area contributed by atoms with E-state index in [9.17, 15) is 35.0 Å². The second-order valence-corrected chi connectivity index (χ2v) is 7.72. The standard InChI is InChI=1S/C17H24BNO8S/c1-27-12-5-4-10(16(22)15(12)17(23)24)7-13(18(25)26)28-9-14(21)19-6-2-3-11(19)8-20/h4-5,11,13,20,22,25-26H,2-3,6-9H2,1H3,(H,23,24)/t11?,13-/m0/s1. The highest BCUT2D eigenvalue weighted by atomic mass is 32.2. The third kappa shape index (κ3) is 5.10. The molecule has 1 aliphatic rings. The number of methoxy groups -OCH3 is 1. The number of thioether (sulfide) groups is 1. The Balaban J connectivity index is 2.10. The number of aromatic carboxylic acids is 1. The highest BCUT2D eigenvalue weighted by Gasteiger charge is 2.31. The van der Waals surface area contributed by atoms with Crippen molar-refractivity contribution in [3.8, 4) is 11.5 Å². The molecule has 1 aromatic carbocycles. The van der Waals surface area contributed by atoms with E-state index in [1.807, 2.05) is 0 Å². The summed E-state index contributed by atoms with van der Waals surface area (Å²) in [4.78, 5) is 25.3. The minimum atomic E-state index is -1.78. The first-order valence-electron chi connectivity index (χ1n) is 8.80. The first kappa shape index (κ1) is 22.3. The number of hydrogen-bond acceptors (Lipinski definition) is 8. The zero-order valence-corrected chi connectivity index (χ0v) is 16.3. The van der Waals surface area contributed by atoms with Gasteiger partial charge >= 0.3 is 13.1 Å². The van der Waals surface area contributed by atoms with Crippen molar-refractivity contribution in [1.82, 2.24) is 4.90 Å². The van der Waals surface area contributed by atoms with E-state index < -0.39 is 29.5 Å². The number of carbonyl (C=O) groups is 2. The van der Waals surface area contributed by atoms with Crippen molar-refractivity contribution in [3.63, 3.8) is 0 Å². The molecule has 1 unspecified atom stereocenters. The van der Waals surface area contributed by atoms with Crippen molar-refractivity contribution in [2.75, 3.05) is 26.0 Å². The molecule has 28 heavy (non-hydrogen) atoms. The number of amides is 1. The van der Waals surface area contributed by atoms with Crippen LogP contribution in [0, 0.1) is 0 Å². The van der Waals surface area contributed by atoms with Gasteiger partial charge in [0.1, 0.15) is 17.1 Å². The van der Waals surface area contributed by atoms with Gasteiger partial charge in [-0.1, -0.05) is 6.07 Å². The molecule has 9 nitrogen and oxygen atoms in total. The number of likely N-dealkylation sites (tertiary alicyclic amines) is 1. The molecule has 2 atom stereocenters. The van der Waals surface area contributed by atoms with Crippen LogP contribution in [0.1, 0.15) is 28.8 Å². The van der Waals surface area contributed by atoms with Gasteiger partial charge in [0.25, 0.3) is 0 Å². The Morgan fingerprint density at radius 2 is 2.11 bits per heavy atom. The zero-order valence-electron chi connectivity index (χ0n) is 15.4. The van der Waals surface area contributed by atoms with Gasteiger partial charge < -0.3 is 35.0 Å². The van der Waals surface area contributed by atoms with Crippen LogP contribution in [0.5, 0.6) is 11.5 Å². The lowest BCUT2D eigenvalue weighted by molar-refractivity contribution is -0.129. The van der Waals surface area contributed by atoms with E-state index in [1.54, 1.807) is 4.90 Å². The molecule has 0 saturated carbocycles. The van der Waals surface area contributed by atoms with Crippen LogP contribution < -0.4 is 4.74 Å². The predicted octanol–water partition coefficient (Wildman–Crippen LogP) is -0.261. The minimum Gasteiger partial charge on any atom is -0.507 e. The average Bonchev–Trinajstić information content (AvgIpc) is 3.13. The number of phenols is 1. The predicted molar refractivity (Wildman–Crippen MR) is 104 cm³/mol. The van der Waals surface area contributed by atoms with Crippen molar-refractivity contribution in [2.24, 2.45) is 0 Å². The molecular weight excluding hydrogens is 389 g/mol. The minimum absolute atomic E-state index is 0.0123. The lowest BCUT2D eigenvalue weighted by Gasteiger charge is -2.24. The lowest BCUT2D eigenvalue weighted by Crippen LogP contribution is -2.40. The number of aliphatic hydroxyl groups excluding tert-OH is 1. The molecule has 1 saturated heterocycles. The van der Waals surface area contributed by atoms with Crippen LogP contribution in [-0.2, 0) is 11.2 Å². The quantitative estimate of drug-likeness (QED) is 0.345. The van der Waals surface area contributed by atoms with Crippen LogP contribution >= 0.6 is 11.8 Å². The molecule has 0 radical (unpaired) electrons. The molecule has 1 amide bonds. The molecule has 5 N–H and O–H groups in total. The maximum Gasteiger partial charge on any atom is 0.465 e. The van der Waals surface area contributed by atoms with Gasteiger partial charge in [0.15, 0.2) is 0 Å². The molecule has 1 aromatic rings. The third-order valence-electron chi connectivity index (χ3n) is 4.74. The van der Waals surface area contributed by atoms with Gasteiger partial charge in [-0.3, -0.25) is 4.79 Å². The highest BCUT2D eigenvalue weighted by Crippen LogP contribution is 2.33. The van der Waals surface area contributed by atoms with Crippen LogP contribution in [-0.4, -0.2) is 86.5 Å². The number of carbonyl (C=O) groups excluding carboxylic acids is 1. The summed E-state index contributed by atoms with van der Waals surface area (Å²) in [5.74, 6) is -2.13. The number of benzene rings is 1. The smallest absolute Gasteiger partial charge is 0.465 e. The van der Waals surface area contributed by atoms with Crippen LogP contribution in [0.3, 0.4) is 0 Å². The van der Waals surface area contributed by atoms with Gasteiger partial charge in [-0.2, -0.15) is 11.8 Å². The molecule has 0 bridgehead atoms. The van der Waals surface area contributed by atoms with Crippen molar-refractivity contribution < 1.29 is 39.7 Å². The Hall–Kier alpha value is -1.95. The van der Waals surface area contributed by atoms with Crippen LogP contribution in [0.4, 0.5) is 0 Å². The Morgan fingerprint density at radius 1 is 1.39 bits per heavy atom. The summed E-state index contributed by atoms with van der Waals surface area (Å²) in [6.07, 6.45) is 1.48. The van der Waals surface area contributed by atoms with Crippen molar-refractivity contribution in [1.29, 1.82) is 0 Å². The monoisotopic (exact) mass is 413 g/mol. The fraction of sp³-hybridized carbons (Fsp3) is 0.529. The van der Waals surface area contributed by atoms with Crippen molar-refractivity contribution in [3.05, 3.63) is 23.3 Å². The highest BCUT2D eigenvalue weighted by molar-refractivity contribution is 8.01. The summed E-state index contributed by atoms with van der Waals surface area (Å²) in [5.41, 5.74) is -0.208. The molecule has 1 aliphatic heterocycles. The summed E-state index contributed by atoms with van der Waals surface area (Å²) >= 11 is 1.00. The van der Waals surface area contributed by atoms with E-state index in [-0.39, 0.29) is 42.0 Å². The van der Waals surface area contributed by atoms with E-state index in [2.05, 4.69) is 0 Å². The Morgan fingerprint density at radius 3 is 2.68 bits per heavy atom. The fourth-order valence-electron chi connectivity index (χ4n) is 3.24. The second kappa shape index (κ2) is 10.0. The van der Waals surface area contributed by atoms with Gasteiger partial charge in [0.05, 0.1) is 25.5 Å². The molecule has 11 heteroatoms. The fourth-order valence-corrected chi connectivity index (χ4v) is 4.23. The van der Waals surface area contributed by atoms with E-state index in [0.29, 0.717) is 6.54 Å². The van der Waals surface area contributed by atoms with E-state index in [1.165, 1.54) is 19.2 Å². The topological polar surface area (TPSA) is 148 Å². The molecule has 2 rings (SSSR count). The largest absolute Gasteiger partial charge is 0.507 e. The third-order valence-corrected chi connectivity index (χ3v) is 5.99. The molecular formula is C17H24BNO8S. The number of nitrogens with zero attached hydrogens (tertiary/aromatic N) is 1. The van der Waals surface area contributed by atoms with Crippen LogP contribution in [0.2, 0.25) is 0 Å². The Labute approximate surface area is 167 Å². The van der Waals surface area contributed by atoms with E-state index in [4.69, 9.17) is 4.74 Å². The van der Waals surface area contributed by atoms with Crippen molar-refractivity contribution >= 4 is 30.8 Å². The van der Waals surface area contributed by atoms with E-state index >= 15 is 0 Å². The maximum absolute atomic E-state index is 12.4. The molecule has 0 aliphatic carbocycles. The average molecular weight is 413 g/mol. The number of carboxylic acid groups (broad SMARTS) is 1. The normalized spacial score (nSPS) is 17.4. The number of aliphatic hydroxyl groups is 1. The van der Waals surface area contributed by atoms with Crippen molar-refractivity contribution in [2.45, 2.75) is 30.5 Å². The zero-order chi connectivity index (χ0) is 20.8.